The van der Waals surface area contributed by atoms with Crippen LogP contribution in [0.25, 0.3) is 0 Å². The molecule has 4 rings (SSSR count). The Bertz CT molecular complexity index is 979. The second-order valence-electron chi connectivity index (χ2n) is 8.70. The summed E-state index contributed by atoms with van der Waals surface area (Å²) < 4.78 is 5.31. The highest BCUT2D eigenvalue weighted by molar-refractivity contribution is 7.17. The summed E-state index contributed by atoms with van der Waals surface area (Å²) in [5.41, 5.74) is 2.26. The molecular formula is C23H25NO4S. The summed E-state index contributed by atoms with van der Waals surface area (Å²) in [6, 6.07) is 6.80. The SMILES string of the molecule is CCOC(=O)c1c(N2C(=O)c3ccccc3C2=O)sc2c1CCC(C(C)(C)C)C2. The van der Waals surface area contributed by atoms with Crippen molar-refractivity contribution in [1.82, 2.24) is 0 Å². The summed E-state index contributed by atoms with van der Waals surface area (Å²) in [5, 5.41) is 0.411. The van der Waals surface area contributed by atoms with E-state index < -0.39 is 5.97 Å². The lowest BCUT2D eigenvalue weighted by molar-refractivity contribution is 0.0526. The molecule has 0 saturated heterocycles. The largest absolute Gasteiger partial charge is 0.462 e. The molecule has 2 aliphatic rings. The van der Waals surface area contributed by atoms with Crippen molar-refractivity contribution >= 4 is 34.1 Å². The molecule has 5 nitrogen and oxygen atoms in total. The summed E-state index contributed by atoms with van der Waals surface area (Å²) in [7, 11) is 0. The van der Waals surface area contributed by atoms with Crippen molar-refractivity contribution in [2.24, 2.45) is 11.3 Å². The van der Waals surface area contributed by atoms with Gasteiger partial charge in [0.15, 0.2) is 0 Å². The molecular weight excluding hydrogens is 386 g/mol. The first-order valence-electron chi connectivity index (χ1n) is 10.0. The summed E-state index contributed by atoms with van der Waals surface area (Å²) in [6.45, 7) is 8.69. The minimum atomic E-state index is -0.453. The summed E-state index contributed by atoms with van der Waals surface area (Å²) in [4.78, 5) is 41.2. The van der Waals surface area contributed by atoms with Gasteiger partial charge in [0.2, 0.25) is 0 Å². The van der Waals surface area contributed by atoms with E-state index in [2.05, 4.69) is 20.8 Å². The van der Waals surface area contributed by atoms with Crippen molar-refractivity contribution in [3.8, 4) is 0 Å². The molecule has 2 aromatic rings. The third-order valence-electron chi connectivity index (χ3n) is 5.95. The smallest absolute Gasteiger partial charge is 0.341 e. The minimum absolute atomic E-state index is 0.154. The molecule has 1 unspecified atom stereocenters. The Hall–Kier alpha value is -2.47. The fourth-order valence-electron chi connectivity index (χ4n) is 4.26. The molecule has 1 aromatic carbocycles. The zero-order chi connectivity index (χ0) is 20.9. The lowest BCUT2D eigenvalue weighted by Gasteiger charge is -2.33. The van der Waals surface area contributed by atoms with E-state index in [-0.39, 0.29) is 23.8 Å². The van der Waals surface area contributed by atoms with Gasteiger partial charge < -0.3 is 4.74 Å². The van der Waals surface area contributed by atoms with Crippen LogP contribution in [0.5, 0.6) is 0 Å². The van der Waals surface area contributed by atoms with E-state index in [1.807, 2.05) is 0 Å². The van der Waals surface area contributed by atoms with E-state index in [4.69, 9.17) is 4.74 Å². The Labute approximate surface area is 174 Å². The number of benzene rings is 1. The number of hydrogen-bond acceptors (Lipinski definition) is 5. The number of imide groups is 1. The van der Waals surface area contributed by atoms with Gasteiger partial charge in [0.1, 0.15) is 5.00 Å². The molecule has 1 aromatic heterocycles. The van der Waals surface area contributed by atoms with Gasteiger partial charge >= 0.3 is 5.97 Å². The first-order valence-corrected chi connectivity index (χ1v) is 10.8. The zero-order valence-electron chi connectivity index (χ0n) is 17.2. The third kappa shape index (κ3) is 3.19. The normalized spacial score (nSPS) is 18.6. The maximum absolute atomic E-state index is 13.0. The molecule has 29 heavy (non-hydrogen) atoms. The number of esters is 1. The van der Waals surface area contributed by atoms with Gasteiger partial charge in [-0.05, 0) is 55.2 Å². The van der Waals surface area contributed by atoms with Crippen molar-refractivity contribution in [3.05, 3.63) is 51.4 Å². The molecule has 1 aliphatic carbocycles. The molecule has 0 N–H and O–H groups in total. The number of anilines is 1. The van der Waals surface area contributed by atoms with Crippen LogP contribution in [0, 0.1) is 11.3 Å². The van der Waals surface area contributed by atoms with Gasteiger partial charge in [0.05, 0.1) is 23.3 Å². The quantitative estimate of drug-likeness (QED) is 0.534. The molecule has 0 spiro atoms. The Kier molecular flexibility index (Phi) is 4.85. The molecule has 0 fully saturated rings. The summed E-state index contributed by atoms with van der Waals surface area (Å²) >= 11 is 1.39. The fraction of sp³-hybridized carbons (Fsp3) is 0.435. The Morgan fingerprint density at radius 2 is 1.79 bits per heavy atom. The van der Waals surface area contributed by atoms with E-state index in [0.717, 1.165) is 29.7 Å². The van der Waals surface area contributed by atoms with Gasteiger partial charge in [-0.1, -0.05) is 32.9 Å². The van der Waals surface area contributed by atoms with E-state index in [1.54, 1.807) is 31.2 Å². The van der Waals surface area contributed by atoms with Crippen LogP contribution in [-0.2, 0) is 17.6 Å². The minimum Gasteiger partial charge on any atom is -0.462 e. The van der Waals surface area contributed by atoms with Gasteiger partial charge in [0.25, 0.3) is 11.8 Å². The zero-order valence-corrected chi connectivity index (χ0v) is 18.0. The molecule has 152 valence electrons. The van der Waals surface area contributed by atoms with Gasteiger partial charge in [-0.2, -0.15) is 0 Å². The van der Waals surface area contributed by atoms with Crippen LogP contribution in [-0.4, -0.2) is 24.4 Å². The second kappa shape index (κ2) is 7.10. The summed E-state index contributed by atoms with van der Waals surface area (Å²) in [5.74, 6) is -0.714. The number of hydrogen-bond donors (Lipinski definition) is 0. The molecule has 2 amide bonds. The third-order valence-corrected chi connectivity index (χ3v) is 7.19. The Morgan fingerprint density at radius 1 is 1.17 bits per heavy atom. The number of ether oxygens (including phenoxy) is 1. The average molecular weight is 412 g/mol. The van der Waals surface area contributed by atoms with Crippen molar-refractivity contribution in [3.63, 3.8) is 0 Å². The predicted octanol–water partition coefficient (Wildman–Crippen LogP) is 4.88. The van der Waals surface area contributed by atoms with Crippen LogP contribution in [0.4, 0.5) is 5.00 Å². The standard InChI is InChI=1S/C23H25NO4S/c1-5-28-22(27)18-16-11-10-13(23(2,3)4)12-17(16)29-21(18)24-19(25)14-8-6-7-9-15(14)20(24)26/h6-9,13H,5,10-12H2,1-4H3. The number of carbonyl (C=O) groups excluding carboxylic acids is 3. The van der Waals surface area contributed by atoms with Crippen LogP contribution in [0.1, 0.15) is 75.6 Å². The molecule has 6 heteroatoms. The van der Waals surface area contributed by atoms with Crippen molar-refractivity contribution in [2.45, 2.75) is 47.0 Å². The predicted molar refractivity (Wildman–Crippen MR) is 113 cm³/mol. The van der Waals surface area contributed by atoms with Crippen LogP contribution in [0.3, 0.4) is 0 Å². The lowest BCUT2D eigenvalue weighted by atomic mass is 9.72. The molecule has 0 radical (unpaired) electrons. The highest BCUT2D eigenvalue weighted by atomic mass is 32.1. The van der Waals surface area contributed by atoms with Crippen LogP contribution in [0.2, 0.25) is 0 Å². The van der Waals surface area contributed by atoms with Crippen LogP contribution >= 0.6 is 11.3 Å². The van der Waals surface area contributed by atoms with Gasteiger partial charge in [-0.25, -0.2) is 9.69 Å². The number of amides is 2. The van der Waals surface area contributed by atoms with Crippen molar-refractivity contribution in [2.75, 3.05) is 11.5 Å². The molecule has 1 aliphatic heterocycles. The second-order valence-corrected chi connectivity index (χ2v) is 9.79. The van der Waals surface area contributed by atoms with E-state index in [9.17, 15) is 14.4 Å². The topological polar surface area (TPSA) is 63.7 Å². The van der Waals surface area contributed by atoms with Gasteiger partial charge in [0, 0.05) is 4.88 Å². The maximum atomic E-state index is 13.0. The summed E-state index contributed by atoms with van der Waals surface area (Å²) in [6.07, 6.45) is 2.57. The molecule has 0 saturated carbocycles. The molecule has 1 atom stereocenters. The molecule has 0 bridgehead atoms. The number of carbonyl (C=O) groups is 3. The van der Waals surface area contributed by atoms with Crippen molar-refractivity contribution < 1.29 is 19.1 Å². The van der Waals surface area contributed by atoms with E-state index >= 15 is 0 Å². The molecule has 2 heterocycles. The maximum Gasteiger partial charge on any atom is 0.341 e. The highest BCUT2D eigenvalue weighted by Crippen LogP contribution is 2.47. The van der Waals surface area contributed by atoms with E-state index in [1.165, 1.54) is 16.2 Å². The number of nitrogens with zero attached hydrogens (tertiary/aromatic N) is 1. The average Bonchev–Trinajstić information content (AvgIpc) is 3.16. The first kappa shape index (κ1) is 19.8. The van der Waals surface area contributed by atoms with Crippen LogP contribution < -0.4 is 4.90 Å². The Balaban J connectivity index is 1.82. The fourth-order valence-corrected chi connectivity index (χ4v) is 5.67. The highest BCUT2D eigenvalue weighted by Gasteiger charge is 2.42. The van der Waals surface area contributed by atoms with E-state index in [0.29, 0.717) is 27.6 Å². The monoisotopic (exact) mass is 411 g/mol. The van der Waals surface area contributed by atoms with Crippen LogP contribution in [0.15, 0.2) is 24.3 Å². The number of thiophene rings is 1. The number of fused-ring (bicyclic) bond motifs is 2. The van der Waals surface area contributed by atoms with Gasteiger partial charge in [-0.3, -0.25) is 9.59 Å². The lowest BCUT2D eigenvalue weighted by Crippen LogP contribution is -2.30. The van der Waals surface area contributed by atoms with Gasteiger partial charge in [-0.15, -0.1) is 11.3 Å². The van der Waals surface area contributed by atoms with Crippen molar-refractivity contribution in [1.29, 1.82) is 0 Å². The Morgan fingerprint density at radius 3 is 2.34 bits per heavy atom. The first-order chi connectivity index (χ1) is 13.7. The number of rotatable bonds is 3.